The quantitative estimate of drug-likeness (QED) is 0.465. The predicted octanol–water partition coefficient (Wildman–Crippen LogP) is 5.37. The van der Waals surface area contributed by atoms with Crippen molar-refractivity contribution in [2.24, 2.45) is 11.8 Å². The Kier molecular flexibility index (Phi) is 7.17. The summed E-state index contributed by atoms with van der Waals surface area (Å²) in [5.74, 6) is 4.55. The molecule has 0 radical (unpaired) electrons. The van der Waals surface area contributed by atoms with Crippen molar-refractivity contribution in [2.45, 2.75) is 59.5 Å². The molecule has 2 unspecified atom stereocenters. The fraction of sp³-hybridized carbons (Fsp3) is 0.517. The molecule has 5 rings (SSSR count). The molecule has 2 aliphatic heterocycles. The van der Waals surface area contributed by atoms with E-state index in [0.717, 1.165) is 60.3 Å². The van der Waals surface area contributed by atoms with E-state index in [2.05, 4.69) is 61.1 Å². The first-order chi connectivity index (χ1) is 17.8. The number of nitrogens with zero attached hydrogens (tertiary/aromatic N) is 5. The van der Waals surface area contributed by atoms with Crippen LogP contribution >= 0.6 is 0 Å². The summed E-state index contributed by atoms with van der Waals surface area (Å²) in [5.41, 5.74) is 1.25. The van der Waals surface area contributed by atoms with Crippen LogP contribution in [0.1, 0.15) is 58.9 Å². The maximum absolute atomic E-state index is 11.6. The number of amides is 1. The first-order valence-electron chi connectivity index (χ1n) is 13.5. The van der Waals surface area contributed by atoms with Crippen molar-refractivity contribution in [1.82, 2.24) is 19.9 Å². The summed E-state index contributed by atoms with van der Waals surface area (Å²) in [7, 11) is 0. The standard InChI is InChI=1S/C29H38N6O2/c1-18(2)23-8-9-26(37-20(4)22-16-35(17-22)21(5)36)25-14-31-28(13-24(23)25)32-27-10-11-30-29(33-27)34-12-6-7-19(3)15-34/h8-11,13-14,18-20,22H,6-7,12,15-17H2,1-5H3,(H,30,31,32,33). The molecule has 2 saturated heterocycles. The lowest BCUT2D eigenvalue weighted by molar-refractivity contribution is -0.137. The molecule has 8 nitrogen and oxygen atoms in total. The number of carbonyl (C=O) groups excluding carboxylic acids is 1. The van der Waals surface area contributed by atoms with Crippen molar-refractivity contribution in [1.29, 1.82) is 0 Å². The first kappa shape index (κ1) is 25.2. The van der Waals surface area contributed by atoms with Crippen LogP contribution in [0.25, 0.3) is 10.8 Å². The average Bonchev–Trinajstić information content (AvgIpc) is 2.83. The van der Waals surface area contributed by atoms with Crippen LogP contribution < -0.4 is 15.0 Å². The maximum atomic E-state index is 11.6. The molecule has 1 amide bonds. The smallest absolute Gasteiger partial charge is 0.227 e. The monoisotopic (exact) mass is 502 g/mol. The molecule has 2 atom stereocenters. The van der Waals surface area contributed by atoms with Gasteiger partial charge in [-0.25, -0.2) is 9.97 Å². The third-order valence-electron chi connectivity index (χ3n) is 7.69. The second-order valence-corrected chi connectivity index (χ2v) is 11.0. The molecular formula is C29H38N6O2. The molecule has 4 heterocycles. The summed E-state index contributed by atoms with van der Waals surface area (Å²) < 4.78 is 6.42. The van der Waals surface area contributed by atoms with Crippen LogP contribution in [0.3, 0.4) is 0 Å². The zero-order valence-electron chi connectivity index (χ0n) is 22.6. The van der Waals surface area contributed by atoms with E-state index in [-0.39, 0.29) is 12.0 Å². The van der Waals surface area contributed by atoms with Crippen molar-refractivity contribution in [3.8, 4) is 5.75 Å². The molecule has 196 valence electrons. The van der Waals surface area contributed by atoms with Gasteiger partial charge in [0, 0.05) is 56.8 Å². The Balaban J connectivity index is 1.37. The number of rotatable bonds is 7. The minimum Gasteiger partial charge on any atom is -0.490 e. The van der Waals surface area contributed by atoms with E-state index in [0.29, 0.717) is 17.8 Å². The third-order valence-corrected chi connectivity index (χ3v) is 7.69. The fourth-order valence-corrected chi connectivity index (χ4v) is 5.35. The number of carbonyl (C=O) groups is 1. The van der Waals surface area contributed by atoms with Crippen molar-refractivity contribution >= 4 is 34.3 Å². The summed E-state index contributed by atoms with van der Waals surface area (Å²) in [6.07, 6.45) is 6.15. The van der Waals surface area contributed by atoms with Gasteiger partial charge >= 0.3 is 0 Å². The summed E-state index contributed by atoms with van der Waals surface area (Å²) in [4.78, 5) is 29.7. The Labute approximate surface area is 219 Å². The van der Waals surface area contributed by atoms with Crippen LogP contribution in [0.4, 0.5) is 17.6 Å². The first-order valence-corrected chi connectivity index (χ1v) is 13.5. The lowest BCUT2D eigenvalue weighted by Gasteiger charge is -2.41. The van der Waals surface area contributed by atoms with Gasteiger partial charge < -0.3 is 19.9 Å². The van der Waals surface area contributed by atoms with E-state index in [4.69, 9.17) is 14.7 Å². The highest BCUT2D eigenvalue weighted by Gasteiger charge is 2.34. The SMILES string of the molecule is CC(=O)N1CC(C(C)Oc2ccc(C(C)C)c3cc(Nc4ccnc(N5CCCC(C)C5)n4)ncc23)C1. The van der Waals surface area contributed by atoms with Crippen LogP contribution in [0.5, 0.6) is 5.75 Å². The fourth-order valence-electron chi connectivity index (χ4n) is 5.35. The van der Waals surface area contributed by atoms with Gasteiger partial charge in [0.05, 0.1) is 0 Å². The highest BCUT2D eigenvalue weighted by atomic mass is 16.5. The zero-order chi connectivity index (χ0) is 26.1. The van der Waals surface area contributed by atoms with E-state index in [1.807, 2.05) is 23.4 Å². The molecule has 3 aromatic rings. The van der Waals surface area contributed by atoms with E-state index in [1.54, 1.807) is 6.92 Å². The molecular weight excluding hydrogens is 464 g/mol. The number of hydrogen-bond acceptors (Lipinski definition) is 7. The third kappa shape index (κ3) is 5.48. The normalized spacial score (nSPS) is 19.1. The number of aromatic nitrogens is 3. The van der Waals surface area contributed by atoms with Gasteiger partial charge in [-0.05, 0) is 60.7 Å². The molecule has 2 fully saturated rings. The molecule has 0 bridgehead atoms. The largest absolute Gasteiger partial charge is 0.490 e. The second kappa shape index (κ2) is 10.5. The van der Waals surface area contributed by atoms with Crippen LogP contribution in [-0.2, 0) is 4.79 Å². The van der Waals surface area contributed by atoms with Gasteiger partial charge in [0.25, 0.3) is 0 Å². The Bertz CT molecular complexity index is 1270. The van der Waals surface area contributed by atoms with E-state index >= 15 is 0 Å². The molecule has 0 aliphatic carbocycles. The molecule has 8 heteroatoms. The number of anilines is 3. The Morgan fingerprint density at radius 3 is 2.62 bits per heavy atom. The highest BCUT2D eigenvalue weighted by molar-refractivity contribution is 5.92. The van der Waals surface area contributed by atoms with Gasteiger partial charge in [-0.1, -0.05) is 26.8 Å². The number of likely N-dealkylation sites (tertiary alicyclic amines) is 1. The van der Waals surface area contributed by atoms with Crippen molar-refractivity contribution in [2.75, 3.05) is 36.4 Å². The molecule has 0 saturated carbocycles. The molecule has 0 spiro atoms. The number of fused-ring (bicyclic) bond motifs is 1. The topological polar surface area (TPSA) is 83.5 Å². The number of nitrogens with one attached hydrogen (secondary N) is 1. The Morgan fingerprint density at radius 1 is 1.08 bits per heavy atom. The molecule has 1 N–H and O–H groups in total. The number of hydrogen-bond donors (Lipinski definition) is 1. The number of benzene rings is 1. The molecule has 2 aromatic heterocycles. The summed E-state index contributed by atoms with van der Waals surface area (Å²) in [6.45, 7) is 13.9. The van der Waals surface area contributed by atoms with Gasteiger partial charge in [-0.15, -0.1) is 0 Å². The van der Waals surface area contributed by atoms with Gasteiger partial charge in [-0.2, -0.15) is 4.98 Å². The van der Waals surface area contributed by atoms with Crippen molar-refractivity contribution in [3.05, 3.63) is 42.2 Å². The number of ether oxygens (including phenoxy) is 1. The number of piperidine rings is 1. The Hall–Kier alpha value is -3.42. The van der Waals surface area contributed by atoms with Crippen LogP contribution in [0, 0.1) is 11.8 Å². The minimum atomic E-state index is 0.0125. The maximum Gasteiger partial charge on any atom is 0.227 e. The molecule has 37 heavy (non-hydrogen) atoms. The predicted molar refractivity (Wildman–Crippen MR) is 148 cm³/mol. The van der Waals surface area contributed by atoms with Crippen LogP contribution in [0.2, 0.25) is 0 Å². The molecule has 1 aromatic carbocycles. The lowest BCUT2D eigenvalue weighted by Crippen LogP contribution is -2.54. The van der Waals surface area contributed by atoms with Gasteiger partial charge in [0.15, 0.2) is 0 Å². The zero-order valence-corrected chi connectivity index (χ0v) is 22.6. The van der Waals surface area contributed by atoms with Gasteiger partial charge in [0.1, 0.15) is 23.5 Å². The van der Waals surface area contributed by atoms with E-state index in [9.17, 15) is 4.79 Å². The van der Waals surface area contributed by atoms with Crippen LogP contribution in [0.15, 0.2) is 36.7 Å². The summed E-state index contributed by atoms with van der Waals surface area (Å²) in [6, 6.07) is 8.19. The number of pyridine rings is 1. The van der Waals surface area contributed by atoms with Crippen LogP contribution in [-0.4, -0.2) is 58.0 Å². The van der Waals surface area contributed by atoms with Gasteiger partial charge in [-0.3, -0.25) is 4.79 Å². The lowest BCUT2D eigenvalue weighted by atomic mass is 9.94. The second-order valence-electron chi connectivity index (χ2n) is 11.0. The van der Waals surface area contributed by atoms with Crippen molar-refractivity contribution in [3.63, 3.8) is 0 Å². The van der Waals surface area contributed by atoms with E-state index < -0.39 is 0 Å². The van der Waals surface area contributed by atoms with Crippen molar-refractivity contribution < 1.29 is 9.53 Å². The molecule has 2 aliphatic rings. The Morgan fingerprint density at radius 2 is 1.89 bits per heavy atom. The average molecular weight is 503 g/mol. The summed E-state index contributed by atoms with van der Waals surface area (Å²) in [5, 5.41) is 5.52. The minimum absolute atomic E-state index is 0.0125. The summed E-state index contributed by atoms with van der Waals surface area (Å²) >= 11 is 0. The highest BCUT2D eigenvalue weighted by Crippen LogP contribution is 2.35. The van der Waals surface area contributed by atoms with Gasteiger partial charge in [0.2, 0.25) is 11.9 Å². The van der Waals surface area contributed by atoms with E-state index in [1.165, 1.54) is 18.4 Å².